The van der Waals surface area contributed by atoms with Gasteiger partial charge in [0, 0.05) is 12.8 Å². The first-order valence-corrected chi connectivity index (χ1v) is 9.61. The number of hydrogen-bond donors (Lipinski definition) is 2. The van der Waals surface area contributed by atoms with Crippen LogP contribution in [-0.2, 0) is 30.3 Å². The Morgan fingerprint density at radius 1 is 1.11 bits per heavy atom. The standard InChI is InChI=1S/C21H28N2O5/c1-3-27-20(25)17(22)11-12-19(24)23-18(21(26)28-4-2)13-15-10-9-14-7-5-6-8-16(14)15/h5-8,10,17-18H,3-4,9,11-13,22H2,1-2H3,(H,23,24)/t17-,18-/m1/s1. The first kappa shape index (κ1) is 21.6. The van der Waals surface area contributed by atoms with E-state index in [1.807, 2.05) is 24.3 Å². The minimum atomic E-state index is -0.865. The summed E-state index contributed by atoms with van der Waals surface area (Å²) >= 11 is 0. The van der Waals surface area contributed by atoms with Gasteiger partial charge >= 0.3 is 11.9 Å². The van der Waals surface area contributed by atoms with E-state index in [1.165, 1.54) is 5.56 Å². The highest BCUT2D eigenvalue weighted by molar-refractivity contribution is 5.87. The van der Waals surface area contributed by atoms with Crippen LogP contribution in [0.15, 0.2) is 30.3 Å². The van der Waals surface area contributed by atoms with Gasteiger partial charge in [-0.15, -0.1) is 0 Å². The van der Waals surface area contributed by atoms with Crippen molar-refractivity contribution in [3.05, 3.63) is 41.5 Å². The molecule has 0 saturated carbocycles. The number of fused-ring (bicyclic) bond motifs is 1. The van der Waals surface area contributed by atoms with Crippen molar-refractivity contribution in [1.82, 2.24) is 5.32 Å². The lowest BCUT2D eigenvalue weighted by Crippen LogP contribution is -2.43. The van der Waals surface area contributed by atoms with Gasteiger partial charge in [-0.2, -0.15) is 0 Å². The summed E-state index contributed by atoms with van der Waals surface area (Å²) in [4.78, 5) is 36.2. The van der Waals surface area contributed by atoms with Crippen LogP contribution in [0.3, 0.4) is 0 Å². The molecule has 0 unspecified atom stereocenters. The maximum atomic E-state index is 12.3. The summed E-state index contributed by atoms with van der Waals surface area (Å²) in [6, 6.07) is 6.34. The molecule has 1 aromatic rings. The van der Waals surface area contributed by atoms with E-state index in [1.54, 1.807) is 13.8 Å². The van der Waals surface area contributed by atoms with Crippen LogP contribution in [0.1, 0.15) is 44.2 Å². The number of hydrogen-bond acceptors (Lipinski definition) is 6. The van der Waals surface area contributed by atoms with Crippen LogP contribution in [0.5, 0.6) is 0 Å². The second-order valence-corrected chi connectivity index (χ2v) is 6.56. The van der Waals surface area contributed by atoms with Gasteiger partial charge in [-0.25, -0.2) is 4.79 Å². The molecule has 28 heavy (non-hydrogen) atoms. The minimum absolute atomic E-state index is 0.0194. The zero-order chi connectivity index (χ0) is 20.5. The zero-order valence-corrected chi connectivity index (χ0v) is 16.4. The average Bonchev–Trinajstić information content (AvgIpc) is 3.09. The fraction of sp³-hybridized carbons (Fsp3) is 0.476. The van der Waals surface area contributed by atoms with E-state index in [0.717, 1.165) is 17.6 Å². The molecule has 0 bridgehead atoms. The molecular formula is C21H28N2O5. The number of allylic oxidation sites excluding steroid dienone is 1. The number of rotatable bonds is 10. The van der Waals surface area contributed by atoms with E-state index in [0.29, 0.717) is 6.42 Å². The Morgan fingerprint density at radius 3 is 2.50 bits per heavy atom. The summed E-state index contributed by atoms with van der Waals surface area (Å²) in [5.74, 6) is -1.37. The lowest BCUT2D eigenvalue weighted by atomic mass is 9.99. The molecule has 0 aromatic heterocycles. The number of benzene rings is 1. The highest BCUT2D eigenvalue weighted by Crippen LogP contribution is 2.30. The molecule has 2 rings (SSSR count). The predicted molar refractivity (Wildman–Crippen MR) is 105 cm³/mol. The molecule has 0 aliphatic heterocycles. The van der Waals surface area contributed by atoms with E-state index in [9.17, 15) is 14.4 Å². The van der Waals surface area contributed by atoms with E-state index in [4.69, 9.17) is 15.2 Å². The normalized spacial score (nSPS) is 14.5. The van der Waals surface area contributed by atoms with Gasteiger partial charge in [0.25, 0.3) is 0 Å². The van der Waals surface area contributed by atoms with Gasteiger partial charge in [0.05, 0.1) is 13.2 Å². The number of carbonyl (C=O) groups excluding carboxylic acids is 3. The van der Waals surface area contributed by atoms with Crippen LogP contribution in [0, 0.1) is 0 Å². The molecule has 7 heteroatoms. The maximum Gasteiger partial charge on any atom is 0.328 e. The van der Waals surface area contributed by atoms with Gasteiger partial charge in [-0.3, -0.25) is 9.59 Å². The highest BCUT2D eigenvalue weighted by Gasteiger charge is 2.26. The Bertz CT molecular complexity index is 744. The van der Waals surface area contributed by atoms with Crippen LogP contribution in [0.2, 0.25) is 0 Å². The summed E-state index contributed by atoms with van der Waals surface area (Å²) in [6.45, 7) is 3.88. The molecule has 1 aliphatic rings. The Morgan fingerprint density at radius 2 is 1.79 bits per heavy atom. The van der Waals surface area contributed by atoms with Crippen LogP contribution < -0.4 is 11.1 Å². The number of esters is 2. The summed E-state index contributed by atoms with van der Waals surface area (Å²) in [5, 5.41) is 2.72. The van der Waals surface area contributed by atoms with E-state index in [-0.39, 0.29) is 32.0 Å². The molecule has 1 aliphatic carbocycles. The van der Waals surface area contributed by atoms with Gasteiger partial charge in [-0.05, 0) is 43.4 Å². The quantitative estimate of drug-likeness (QED) is 0.591. The molecule has 0 fully saturated rings. The van der Waals surface area contributed by atoms with Gasteiger partial charge < -0.3 is 20.5 Å². The number of nitrogens with two attached hydrogens (primary N) is 1. The Balaban J connectivity index is 1.97. The molecular weight excluding hydrogens is 360 g/mol. The largest absolute Gasteiger partial charge is 0.465 e. The fourth-order valence-corrected chi connectivity index (χ4v) is 3.12. The molecule has 0 saturated heterocycles. The van der Waals surface area contributed by atoms with Crippen molar-refractivity contribution in [3.63, 3.8) is 0 Å². The van der Waals surface area contributed by atoms with Crippen molar-refractivity contribution in [1.29, 1.82) is 0 Å². The number of nitrogens with one attached hydrogen (secondary N) is 1. The SMILES string of the molecule is CCOC(=O)[C@H](N)CCC(=O)N[C@H](CC1=CCc2ccccc21)C(=O)OCC. The Kier molecular flexibility index (Phi) is 8.19. The van der Waals surface area contributed by atoms with Crippen molar-refractivity contribution in [3.8, 4) is 0 Å². The molecule has 0 heterocycles. The van der Waals surface area contributed by atoms with Crippen LogP contribution in [0.25, 0.3) is 5.57 Å². The maximum absolute atomic E-state index is 12.3. The predicted octanol–water partition coefficient (Wildman–Crippen LogP) is 1.73. The summed E-state index contributed by atoms with van der Waals surface area (Å²) in [6.07, 6.45) is 3.39. The molecule has 2 atom stereocenters. The van der Waals surface area contributed by atoms with Crippen molar-refractivity contribution in [2.45, 2.75) is 51.6 Å². The first-order chi connectivity index (χ1) is 13.5. The molecule has 1 amide bonds. The van der Waals surface area contributed by atoms with E-state index < -0.39 is 24.0 Å². The summed E-state index contributed by atoms with van der Waals surface area (Å²) in [5.41, 5.74) is 9.02. The van der Waals surface area contributed by atoms with Gasteiger partial charge in [0.2, 0.25) is 5.91 Å². The molecule has 152 valence electrons. The first-order valence-electron chi connectivity index (χ1n) is 9.61. The molecule has 0 radical (unpaired) electrons. The highest BCUT2D eigenvalue weighted by atomic mass is 16.5. The molecule has 3 N–H and O–H groups in total. The zero-order valence-electron chi connectivity index (χ0n) is 16.4. The minimum Gasteiger partial charge on any atom is -0.465 e. The second-order valence-electron chi connectivity index (χ2n) is 6.56. The molecule has 1 aromatic carbocycles. The third-order valence-electron chi connectivity index (χ3n) is 4.53. The van der Waals surface area contributed by atoms with Crippen LogP contribution >= 0.6 is 0 Å². The van der Waals surface area contributed by atoms with Crippen LogP contribution in [-0.4, -0.2) is 43.1 Å². The summed E-state index contributed by atoms with van der Waals surface area (Å²) < 4.78 is 9.95. The van der Waals surface area contributed by atoms with E-state index >= 15 is 0 Å². The number of ether oxygens (including phenoxy) is 2. The number of amides is 1. The van der Waals surface area contributed by atoms with Crippen molar-refractivity contribution < 1.29 is 23.9 Å². The summed E-state index contributed by atoms with van der Waals surface area (Å²) in [7, 11) is 0. The Labute approximate surface area is 165 Å². The molecule has 0 spiro atoms. The smallest absolute Gasteiger partial charge is 0.328 e. The second kappa shape index (κ2) is 10.6. The van der Waals surface area contributed by atoms with Crippen molar-refractivity contribution >= 4 is 23.4 Å². The third kappa shape index (κ3) is 5.92. The van der Waals surface area contributed by atoms with Crippen molar-refractivity contribution in [2.75, 3.05) is 13.2 Å². The monoisotopic (exact) mass is 388 g/mol. The van der Waals surface area contributed by atoms with Gasteiger partial charge in [0.1, 0.15) is 12.1 Å². The lowest BCUT2D eigenvalue weighted by Gasteiger charge is -2.19. The van der Waals surface area contributed by atoms with E-state index in [2.05, 4.69) is 11.4 Å². The molecule has 7 nitrogen and oxygen atoms in total. The topological polar surface area (TPSA) is 108 Å². The van der Waals surface area contributed by atoms with Gasteiger partial charge in [-0.1, -0.05) is 30.3 Å². The third-order valence-corrected chi connectivity index (χ3v) is 4.53. The van der Waals surface area contributed by atoms with Gasteiger partial charge in [0.15, 0.2) is 0 Å². The Hall–Kier alpha value is -2.67. The van der Waals surface area contributed by atoms with Crippen molar-refractivity contribution in [2.24, 2.45) is 5.73 Å². The van der Waals surface area contributed by atoms with Crippen LogP contribution in [0.4, 0.5) is 0 Å². The lowest BCUT2D eigenvalue weighted by molar-refractivity contribution is -0.148. The number of carbonyl (C=O) groups is 3. The average molecular weight is 388 g/mol. The fourth-order valence-electron chi connectivity index (χ4n) is 3.12.